The van der Waals surface area contributed by atoms with Gasteiger partial charge in [0, 0.05) is 20.1 Å². The molecule has 1 N–H and O–H groups in total. The Morgan fingerprint density at radius 3 is 2.47 bits per heavy atom. The number of carboxylic acid groups (broad SMARTS) is 1. The quantitative estimate of drug-likeness (QED) is 0.853. The number of likely N-dealkylation sites (tertiary alicyclic amines) is 1. The van der Waals surface area contributed by atoms with Crippen LogP contribution in [-0.2, 0) is 4.79 Å². The molecular weight excluding hydrogens is 244 g/mol. The molecule has 108 valence electrons. The third-order valence-electron chi connectivity index (χ3n) is 4.37. The summed E-state index contributed by atoms with van der Waals surface area (Å²) in [6.45, 7) is 1.34. The zero-order valence-corrected chi connectivity index (χ0v) is 11.7. The highest BCUT2D eigenvalue weighted by Crippen LogP contribution is 2.27. The Kier molecular flexibility index (Phi) is 4.66. The second-order valence-corrected chi connectivity index (χ2v) is 5.86. The number of urea groups is 1. The van der Waals surface area contributed by atoms with Crippen molar-refractivity contribution in [3.8, 4) is 0 Å². The summed E-state index contributed by atoms with van der Waals surface area (Å²) in [6.07, 6.45) is 7.05. The van der Waals surface area contributed by atoms with Crippen LogP contribution >= 0.6 is 0 Å². The molecule has 1 aliphatic carbocycles. The summed E-state index contributed by atoms with van der Waals surface area (Å²) in [5, 5.41) is 9.29. The minimum absolute atomic E-state index is 0.110. The molecule has 1 saturated carbocycles. The molecule has 2 aliphatic rings. The van der Waals surface area contributed by atoms with E-state index in [1.165, 1.54) is 19.3 Å². The lowest BCUT2D eigenvalue weighted by Crippen LogP contribution is -2.51. The SMILES string of the molecule is CN(CC1CCC1)C(=O)N1CCCCCC1C(=O)O. The van der Waals surface area contributed by atoms with Crippen LogP contribution in [0.3, 0.4) is 0 Å². The van der Waals surface area contributed by atoms with Gasteiger partial charge < -0.3 is 14.9 Å². The molecule has 19 heavy (non-hydrogen) atoms. The summed E-state index contributed by atoms with van der Waals surface area (Å²) in [7, 11) is 1.80. The summed E-state index contributed by atoms with van der Waals surface area (Å²) in [5.41, 5.74) is 0. The van der Waals surface area contributed by atoms with Gasteiger partial charge in [-0.15, -0.1) is 0 Å². The third-order valence-corrected chi connectivity index (χ3v) is 4.37. The van der Waals surface area contributed by atoms with Crippen molar-refractivity contribution in [2.75, 3.05) is 20.1 Å². The van der Waals surface area contributed by atoms with Crippen LogP contribution < -0.4 is 0 Å². The molecule has 0 radical (unpaired) electrons. The highest BCUT2D eigenvalue weighted by Gasteiger charge is 2.33. The molecule has 2 fully saturated rings. The van der Waals surface area contributed by atoms with Crippen LogP contribution in [0, 0.1) is 5.92 Å². The van der Waals surface area contributed by atoms with Crippen LogP contribution in [-0.4, -0.2) is 53.1 Å². The topological polar surface area (TPSA) is 60.9 Å². The van der Waals surface area contributed by atoms with Gasteiger partial charge in [-0.1, -0.05) is 19.3 Å². The molecule has 0 aromatic carbocycles. The summed E-state index contributed by atoms with van der Waals surface area (Å²) < 4.78 is 0. The standard InChI is InChI=1S/C14H24N2O3/c1-15(10-11-6-5-7-11)14(19)16-9-4-2-3-8-12(16)13(17)18/h11-12H,2-10H2,1H3,(H,17,18). The third kappa shape index (κ3) is 3.39. The lowest BCUT2D eigenvalue weighted by molar-refractivity contribution is -0.142. The molecule has 1 unspecified atom stereocenters. The van der Waals surface area contributed by atoms with E-state index in [2.05, 4.69) is 0 Å². The predicted octanol–water partition coefficient (Wildman–Crippen LogP) is 2.17. The van der Waals surface area contributed by atoms with Crippen LogP contribution in [0.4, 0.5) is 4.79 Å². The number of nitrogens with zero attached hydrogens (tertiary/aromatic N) is 2. The van der Waals surface area contributed by atoms with Crippen LogP contribution in [0.5, 0.6) is 0 Å². The zero-order chi connectivity index (χ0) is 13.8. The van der Waals surface area contributed by atoms with Gasteiger partial charge in [0.1, 0.15) is 6.04 Å². The van der Waals surface area contributed by atoms with E-state index in [0.29, 0.717) is 18.9 Å². The normalized spacial score (nSPS) is 24.5. The van der Waals surface area contributed by atoms with Crippen LogP contribution in [0.1, 0.15) is 44.9 Å². The number of hydrogen-bond acceptors (Lipinski definition) is 2. The fraction of sp³-hybridized carbons (Fsp3) is 0.857. The predicted molar refractivity (Wildman–Crippen MR) is 72.0 cm³/mol. The number of carbonyl (C=O) groups is 2. The Hall–Kier alpha value is -1.26. The molecule has 1 heterocycles. The lowest BCUT2D eigenvalue weighted by atomic mass is 9.85. The maximum atomic E-state index is 12.4. The molecule has 5 nitrogen and oxygen atoms in total. The van der Waals surface area contributed by atoms with Gasteiger partial charge in [0.25, 0.3) is 0 Å². The van der Waals surface area contributed by atoms with Gasteiger partial charge >= 0.3 is 12.0 Å². The number of carbonyl (C=O) groups excluding carboxylic acids is 1. The molecule has 1 atom stereocenters. The van der Waals surface area contributed by atoms with Gasteiger partial charge in [0.2, 0.25) is 0 Å². The molecule has 1 aliphatic heterocycles. The number of hydrogen-bond donors (Lipinski definition) is 1. The second kappa shape index (κ2) is 6.26. The molecule has 1 saturated heterocycles. The van der Waals surface area contributed by atoms with Gasteiger partial charge in [-0.3, -0.25) is 0 Å². The summed E-state index contributed by atoms with van der Waals surface area (Å²) in [4.78, 5) is 27.0. The van der Waals surface area contributed by atoms with Gasteiger partial charge in [0.05, 0.1) is 0 Å². The molecule has 5 heteroatoms. The summed E-state index contributed by atoms with van der Waals surface area (Å²) >= 11 is 0. The van der Waals surface area contributed by atoms with E-state index in [-0.39, 0.29) is 6.03 Å². The average Bonchev–Trinajstić information content (AvgIpc) is 2.57. The van der Waals surface area contributed by atoms with Crippen molar-refractivity contribution in [1.29, 1.82) is 0 Å². The molecular formula is C14H24N2O3. The number of aliphatic carboxylic acids is 1. The molecule has 0 aromatic rings. The fourth-order valence-corrected chi connectivity index (χ4v) is 2.95. The molecule has 0 bridgehead atoms. The largest absolute Gasteiger partial charge is 0.480 e. The smallest absolute Gasteiger partial charge is 0.326 e. The molecule has 0 aromatic heterocycles. The van der Waals surface area contributed by atoms with Gasteiger partial charge in [-0.2, -0.15) is 0 Å². The van der Waals surface area contributed by atoms with Crippen molar-refractivity contribution in [2.24, 2.45) is 5.92 Å². The van der Waals surface area contributed by atoms with Crippen LogP contribution in [0.2, 0.25) is 0 Å². The second-order valence-electron chi connectivity index (χ2n) is 5.86. The first-order valence-corrected chi connectivity index (χ1v) is 7.34. The average molecular weight is 268 g/mol. The Bertz CT molecular complexity index is 342. The van der Waals surface area contributed by atoms with E-state index < -0.39 is 12.0 Å². The van der Waals surface area contributed by atoms with E-state index in [9.17, 15) is 14.7 Å². The Labute approximate surface area is 114 Å². The Morgan fingerprint density at radius 2 is 1.89 bits per heavy atom. The summed E-state index contributed by atoms with van der Waals surface area (Å²) in [5.74, 6) is -0.253. The molecule has 0 spiro atoms. The van der Waals surface area contributed by atoms with E-state index >= 15 is 0 Å². The first-order chi connectivity index (χ1) is 9.09. The van der Waals surface area contributed by atoms with Crippen molar-refractivity contribution in [3.63, 3.8) is 0 Å². The summed E-state index contributed by atoms with van der Waals surface area (Å²) in [6, 6.07) is -0.750. The van der Waals surface area contributed by atoms with Crippen LogP contribution in [0.15, 0.2) is 0 Å². The Balaban J connectivity index is 1.98. The number of rotatable bonds is 3. The number of carboxylic acids is 1. The van der Waals surface area contributed by atoms with Gasteiger partial charge in [-0.05, 0) is 31.6 Å². The maximum absolute atomic E-state index is 12.4. The minimum atomic E-state index is -0.868. The molecule has 2 amide bonds. The van der Waals surface area contributed by atoms with E-state index in [1.54, 1.807) is 16.8 Å². The van der Waals surface area contributed by atoms with Gasteiger partial charge in [-0.25, -0.2) is 9.59 Å². The van der Waals surface area contributed by atoms with Crippen molar-refractivity contribution in [3.05, 3.63) is 0 Å². The fourth-order valence-electron chi connectivity index (χ4n) is 2.95. The monoisotopic (exact) mass is 268 g/mol. The lowest BCUT2D eigenvalue weighted by Gasteiger charge is -2.35. The van der Waals surface area contributed by atoms with Crippen LogP contribution in [0.25, 0.3) is 0 Å². The van der Waals surface area contributed by atoms with Crippen molar-refractivity contribution < 1.29 is 14.7 Å². The number of amides is 2. The zero-order valence-electron chi connectivity index (χ0n) is 11.7. The van der Waals surface area contributed by atoms with E-state index in [0.717, 1.165) is 25.8 Å². The van der Waals surface area contributed by atoms with Crippen molar-refractivity contribution in [2.45, 2.75) is 51.0 Å². The van der Waals surface area contributed by atoms with Crippen molar-refractivity contribution >= 4 is 12.0 Å². The van der Waals surface area contributed by atoms with E-state index in [4.69, 9.17) is 0 Å². The first-order valence-electron chi connectivity index (χ1n) is 7.34. The highest BCUT2D eigenvalue weighted by molar-refractivity contribution is 5.82. The Morgan fingerprint density at radius 1 is 1.16 bits per heavy atom. The first kappa shape index (κ1) is 14.2. The maximum Gasteiger partial charge on any atom is 0.326 e. The van der Waals surface area contributed by atoms with Crippen molar-refractivity contribution in [1.82, 2.24) is 9.80 Å². The minimum Gasteiger partial charge on any atom is -0.480 e. The molecule has 2 rings (SSSR count). The van der Waals surface area contributed by atoms with Gasteiger partial charge in [0.15, 0.2) is 0 Å². The highest BCUT2D eigenvalue weighted by atomic mass is 16.4. The van der Waals surface area contributed by atoms with E-state index in [1.807, 2.05) is 0 Å².